The monoisotopic (exact) mass is 356 g/mol. The Morgan fingerprint density at radius 2 is 2.04 bits per heavy atom. The Morgan fingerprint density at radius 3 is 2.76 bits per heavy atom. The maximum Gasteiger partial charge on any atom is 0.248 e. The lowest BCUT2D eigenvalue weighted by atomic mass is 10.0. The van der Waals surface area contributed by atoms with E-state index in [1.165, 1.54) is 23.7 Å². The Kier molecular flexibility index (Phi) is 5.04. The Hall–Kier alpha value is -2.80. The highest BCUT2D eigenvalue weighted by atomic mass is 32.1. The molecule has 0 bridgehead atoms. The van der Waals surface area contributed by atoms with E-state index in [1.807, 2.05) is 6.07 Å². The van der Waals surface area contributed by atoms with Crippen LogP contribution in [0.4, 0.5) is 9.52 Å². The molecule has 128 valence electrons. The Morgan fingerprint density at radius 1 is 1.28 bits per heavy atom. The molecule has 1 amide bonds. The predicted molar refractivity (Wildman–Crippen MR) is 97.2 cm³/mol. The van der Waals surface area contributed by atoms with Gasteiger partial charge in [0.15, 0.2) is 5.82 Å². The molecule has 2 aromatic carbocycles. The average Bonchev–Trinajstić information content (AvgIpc) is 3.09. The molecule has 0 saturated carbocycles. The second-order valence-electron chi connectivity index (χ2n) is 5.70. The second-order valence-corrected chi connectivity index (χ2v) is 6.45. The van der Waals surface area contributed by atoms with Crippen molar-refractivity contribution in [2.24, 2.45) is 5.73 Å². The summed E-state index contributed by atoms with van der Waals surface area (Å²) in [6, 6.07) is 13.4. The summed E-state index contributed by atoms with van der Waals surface area (Å²) in [5.41, 5.74) is 7.51. The van der Waals surface area contributed by atoms with Crippen LogP contribution in [0.15, 0.2) is 48.5 Å². The minimum Gasteiger partial charge on any atom is -0.366 e. The number of halogens is 1. The molecule has 0 fully saturated rings. The summed E-state index contributed by atoms with van der Waals surface area (Å²) in [6.45, 7) is 2.71. The standard InChI is InChI=1S/C18H17FN4OS/c1-11(12-5-7-15(19)8-6-12)10-21-18-22-17(23-25-18)14-4-2-3-13(9-14)16(20)24/h2-9,11H,10H2,1H3,(H2,20,24)(H,21,22,23)/t11-/m1/s1. The number of anilines is 1. The van der Waals surface area contributed by atoms with Gasteiger partial charge in [-0.3, -0.25) is 4.79 Å². The summed E-state index contributed by atoms with van der Waals surface area (Å²) in [5, 5.41) is 3.93. The fraction of sp³-hybridized carbons (Fsp3) is 0.167. The third-order valence-corrected chi connectivity index (χ3v) is 4.50. The van der Waals surface area contributed by atoms with Crippen LogP contribution in [0, 0.1) is 5.82 Å². The molecule has 1 aromatic heterocycles. The van der Waals surface area contributed by atoms with Crippen molar-refractivity contribution >= 4 is 22.6 Å². The van der Waals surface area contributed by atoms with E-state index in [9.17, 15) is 9.18 Å². The molecule has 3 rings (SSSR count). The van der Waals surface area contributed by atoms with Crippen molar-refractivity contribution in [1.29, 1.82) is 0 Å². The lowest BCUT2D eigenvalue weighted by Crippen LogP contribution is -2.10. The first-order chi connectivity index (χ1) is 12.0. The number of nitrogens with one attached hydrogen (secondary N) is 1. The number of rotatable bonds is 6. The maximum atomic E-state index is 13.0. The molecule has 25 heavy (non-hydrogen) atoms. The fourth-order valence-corrected chi connectivity index (χ4v) is 2.97. The van der Waals surface area contributed by atoms with Crippen molar-refractivity contribution in [3.63, 3.8) is 0 Å². The summed E-state index contributed by atoms with van der Waals surface area (Å²) in [5.74, 6) is 0.0237. The van der Waals surface area contributed by atoms with Crippen LogP contribution >= 0.6 is 11.5 Å². The van der Waals surface area contributed by atoms with Gasteiger partial charge in [-0.1, -0.05) is 31.2 Å². The number of carbonyl (C=O) groups excluding carboxylic acids is 1. The molecule has 5 nitrogen and oxygen atoms in total. The van der Waals surface area contributed by atoms with E-state index in [0.29, 0.717) is 23.1 Å². The van der Waals surface area contributed by atoms with Gasteiger partial charge in [-0.15, -0.1) is 0 Å². The zero-order chi connectivity index (χ0) is 17.8. The normalized spacial score (nSPS) is 11.9. The minimum absolute atomic E-state index is 0.200. The lowest BCUT2D eigenvalue weighted by molar-refractivity contribution is 0.100. The molecule has 0 saturated heterocycles. The molecule has 0 radical (unpaired) electrons. The summed E-state index contributed by atoms with van der Waals surface area (Å²) >= 11 is 1.25. The summed E-state index contributed by atoms with van der Waals surface area (Å²) in [7, 11) is 0. The third kappa shape index (κ3) is 4.19. The molecule has 3 aromatic rings. The topological polar surface area (TPSA) is 80.9 Å². The predicted octanol–water partition coefficient (Wildman–Crippen LogP) is 3.66. The Balaban J connectivity index is 1.66. The van der Waals surface area contributed by atoms with Crippen LogP contribution in [0.2, 0.25) is 0 Å². The van der Waals surface area contributed by atoms with Crippen molar-refractivity contribution in [2.75, 3.05) is 11.9 Å². The number of nitrogens with zero attached hydrogens (tertiary/aromatic N) is 2. The second kappa shape index (κ2) is 7.40. The van der Waals surface area contributed by atoms with Crippen LogP contribution in [0.1, 0.15) is 28.8 Å². The van der Waals surface area contributed by atoms with E-state index < -0.39 is 5.91 Å². The average molecular weight is 356 g/mol. The highest BCUT2D eigenvalue weighted by molar-refractivity contribution is 7.09. The smallest absolute Gasteiger partial charge is 0.248 e. The number of benzene rings is 2. The van der Waals surface area contributed by atoms with Gasteiger partial charge in [0.05, 0.1) is 0 Å². The molecule has 3 N–H and O–H groups in total. The molecular formula is C18H17FN4OS. The summed E-state index contributed by atoms with van der Waals surface area (Å²) in [4.78, 5) is 15.7. The number of amides is 1. The molecule has 0 unspecified atom stereocenters. The number of nitrogens with two attached hydrogens (primary N) is 1. The van der Waals surface area contributed by atoms with Gasteiger partial charge in [-0.25, -0.2) is 4.39 Å². The van der Waals surface area contributed by atoms with Crippen molar-refractivity contribution < 1.29 is 9.18 Å². The molecule has 0 aliphatic carbocycles. The van der Waals surface area contributed by atoms with Gasteiger partial charge in [0, 0.05) is 29.2 Å². The molecule has 1 atom stereocenters. The van der Waals surface area contributed by atoms with E-state index in [-0.39, 0.29) is 11.7 Å². The zero-order valence-electron chi connectivity index (χ0n) is 13.6. The number of hydrogen-bond acceptors (Lipinski definition) is 5. The number of primary amides is 1. The molecular weight excluding hydrogens is 339 g/mol. The SMILES string of the molecule is C[C@H](CNc1nc(-c2cccc(C(N)=O)c2)ns1)c1ccc(F)cc1. The molecule has 7 heteroatoms. The van der Waals surface area contributed by atoms with Crippen molar-refractivity contribution in [2.45, 2.75) is 12.8 Å². The van der Waals surface area contributed by atoms with Crippen molar-refractivity contribution in [3.05, 3.63) is 65.5 Å². The van der Waals surface area contributed by atoms with E-state index in [0.717, 1.165) is 11.1 Å². The van der Waals surface area contributed by atoms with E-state index >= 15 is 0 Å². The molecule has 0 spiro atoms. The van der Waals surface area contributed by atoms with E-state index in [4.69, 9.17) is 5.73 Å². The summed E-state index contributed by atoms with van der Waals surface area (Å²) in [6.07, 6.45) is 0. The van der Waals surface area contributed by atoms with Gasteiger partial charge in [0.25, 0.3) is 0 Å². The third-order valence-electron chi connectivity index (χ3n) is 3.83. The number of carbonyl (C=O) groups is 1. The van der Waals surface area contributed by atoms with Gasteiger partial charge in [-0.05, 0) is 35.7 Å². The highest BCUT2D eigenvalue weighted by Crippen LogP contribution is 2.23. The van der Waals surface area contributed by atoms with Crippen LogP contribution in [-0.2, 0) is 0 Å². The number of aromatic nitrogens is 2. The van der Waals surface area contributed by atoms with E-state index in [2.05, 4.69) is 21.6 Å². The van der Waals surface area contributed by atoms with E-state index in [1.54, 1.807) is 30.3 Å². The minimum atomic E-state index is -0.483. The lowest BCUT2D eigenvalue weighted by Gasteiger charge is -2.12. The van der Waals surface area contributed by atoms with Crippen LogP contribution in [0.25, 0.3) is 11.4 Å². The van der Waals surface area contributed by atoms with Crippen LogP contribution in [0.3, 0.4) is 0 Å². The van der Waals surface area contributed by atoms with Crippen molar-refractivity contribution in [3.8, 4) is 11.4 Å². The van der Waals surface area contributed by atoms with Crippen molar-refractivity contribution in [1.82, 2.24) is 9.36 Å². The molecule has 0 aliphatic rings. The summed E-state index contributed by atoms with van der Waals surface area (Å²) < 4.78 is 17.3. The Labute approximate surface area is 148 Å². The quantitative estimate of drug-likeness (QED) is 0.706. The molecule has 0 aliphatic heterocycles. The fourth-order valence-electron chi connectivity index (χ4n) is 2.37. The first-order valence-corrected chi connectivity index (χ1v) is 8.53. The van der Waals surface area contributed by atoms with Crippen LogP contribution < -0.4 is 11.1 Å². The van der Waals surface area contributed by atoms with Gasteiger partial charge in [0.2, 0.25) is 11.0 Å². The van der Waals surface area contributed by atoms with Gasteiger partial charge in [-0.2, -0.15) is 9.36 Å². The highest BCUT2D eigenvalue weighted by Gasteiger charge is 2.11. The van der Waals surface area contributed by atoms with Crippen LogP contribution in [0.5, 0.6) is 0 Å². The zero-order valence-corrected chi connectivity index (χ0v) is 14.4. The number of hydrogen-bond donors (Lipinski definition) is 2. The molecule has 1 heterocycles. The van der Waals surface area contributed by atoms with Gasteiger partial charge >= 0.3 is 0 Å². The van der Waals surface area contributed by atoms with Gasteiger partial charge in [0.1, 0.15) is 5.82 Å². The maximum absolute atomic E-state index is 13.0. The largest absolute Gasteiger partial charge is 0.366 e. The first-order valence-electron chi connectivity index (χ1n) is 7.76. The first kappa shape index (κ1) is 17.0. The van der Waals surface area contributed by atoms with Gasteiger partial charge < -0.3 is 11.1 Å². The Bertz CT molecular complexity index is 879. The van der Waals surface area contributed by atoms with Crippen LogP contribution in [-0.4, -0.2) is 21.8 Å².